The van der Waals surface area contributed by atoms with Gasteiger partial charge in [-0.25, -0.2) is 9.48 Å². The number of nitrogens with zero attached hydrogens (tertiary/aromatic N) is 3. The van der Waals surface area contributed by atoms with Gasteiger partial charge in [0.2, 0.25) is 0 Å². The first-order valence-electron chi connectivity index (χ1n) is 12.0. The molecule has 2 fully saturated rings. The topological polar surface area (TPSA) is 76.8 Å². The molecule has 0 unspecified atom stereocenters. The van der Waals surface area contributed by atoms with Gasteiger partial charge in [0.25, 0.3) is 0 Å². The molecule has 1 aromatic heterocycles. The molecule has 178 valence electrons. The van der Waals surface area contributed by atoms with Crippen LogP contribution in [0.5, 0.6) is 5.75 Å². The number of aliphatic carboxylic acids is 1. The van der Waals surface area contributed by atoms with Crippen LogP contribution in [0.25, 0.3) is 16.9 Å². The van der Waals surface area contributed by atoms with E-state index in [4.69, 9.17) is 14.6 Å². The van der Waals surface area contributed by atoms with E-state index in [2.05, 4.69) is 35.2 Å². The lowest BCUT2D eigenvalue weighted by Crippen LogP contribution is -2.34. The zero-order chi connectivity index (χ0) is 23.7. The molecule has 0 spiro atoms. The second-order valence-electron chi connectivity index (χ2n) is 9.56. The fourth-order valence-electron chi connectivity index (χ4n) is 4.18. The number of carboxylic acids is 1. The van der Waals surface area contributed by atoms with Crippen molar-refractivity contribution in [2.24, 2.45) is 0 Å². The van der Waals surface area contributed by atoms with Crippen LogP contribution in [0.2, 0.25) is 0 Å². The molecule has 7 nitrogen and oxygen atoms in total. The number of carboxylic acid groups (broad SMARTS) is 1. The number of carbonyl (C=O) groups is 1. The molecule has 1 aliphatic carbocycles. The summed E-state index contributed by atoms with van der Waals surface area (Å²) in [7, 11) is 0. The summed E-state index contributed by atoms with van der Waals surface area (Å²) in [6.07, 6.45) is 4.89. The molecule has 2 heterocycles. The van der Waals surface area contributed by atoms with Crippen LogP contribution in [0.1, 0.15) is 45.2 Å². The molecule has 34 heavy (non-hydrogen) atoms. The van der Waals surface area contributed by atoms with Gasteiger partial charge in [-0.15, -0.1) is 0 Å². The smallest absolute Gasteiger partial charge is 0.335 e. The first-order valence-corrected chi connectivity index (χ1v) is 12.0. The summed E-state index contributed by atoms with van der Waals surface area (Å²) in [5.41, 5.74) is 3.43. The molecule has 2 aliphatic rings. The third-order valence-corrected chi connectivity index (χ3v) is 6.37. The van der Waals surface area contributed by atoms with Gasteiger partial charge in [-0.3, -0.25) is 0 Å². The van der Waals surface area contributed by atoms with Crippen LogP contribution in [0.4, 0.5) is 5.69 Å². The van der Waals surface area contributed by atoms with Gasteiger partial charge in [-0.05, 0) is 69.9 Å². The van der Waals surface area contributed by atoms with Crippen molar-refractivity contribution in [2.75, 3.05) is 18.0 Å². The maximum Gasteiger partial charge on any atom is 0.335 e. The molecule has 1 saturated heterocycles. The highest BCUT2D eigenvalue weighted by molar-refractivity contribution is 5.76. The van der Waals surface area contributed by atoms with Crippen LogP contribution in [0, 0.1) is 0 Å². The summed E-state index contributed by atoms with van der Waals surface area (Å²) in [5, 5.41) is 14.3. The van der Waals surface area contributed by atoms with Gasteiger partial charge < -0.3 is 19.5 Å². The number of hydrogen-bond acceptors (Lipinski definition) is 5. The van der Waals surface area contributed by atoms with Crippen LogP contribution in [0.15, 0.2) is 54.6 Å². The average Bonchev–Trinajstić information content (AvgIpc) is 3.31. The van der Waals surface area contributed by atoms with E-state index in [0.29, 0.717) is 11.8 Å². The predicted molar refractivity (Wildman–Crippen MR) is 131 cm³/mol. The SMILES string of the molecule is CC(C)(OCc1cc(-c2cccc(OC3CC3)c2)n(-c2ccccc2N2CCCC2)n1)C(=O)O. The maximum absolute atomic E-state index is 11.5. The molecular weight excluding hydrogens is 430 g/mol. The summed E-state index contributed by atoms with van der Waals surface area (Å²) >= 11 is 0. The lowest BCUT2D eigenvalue weighted by molar-refractivity contribution is -0.162. The molecule has 1 aliphatic heterocycles. The second kappa shape index (κ2) is 9.14. The molecule has 0 bridgehead atoms. The van der Waals surface area contributed by atoms with Crippen LogP contribution < -0.4 is 9.64 Å². The zero-order valence-corrected chi connectivity index (χ0v) is 19.7. The number of benzene rings is 2. The fourth-order valence-corrected chi connectivity index (χ4v) is 4.18. The number of anilines is 1. The first kappa shape index (κ1) is 22.5. The maximum atomic E-state index is 11.5. The van der Waals surface area contributed by atoms with Crippen LogP contribution in [-0.4, -0.2) is 45.7 Å². The van der Waals surface area contributed by atoms with E-state index >= 15 is 0 Å². The highest BCUT2D eigenvalue weighted by Gasteiger charge is 2.29. The van der Waals surface area contributed by atoms with Gasteiger partial charge in [0.1, 0.15) is 5.75 Å². The van der Waals surface area contributed by atoms with E-state index in [9.17, 15) is 9.90 Å². The second-order valence-corrected chi connectivity index (χ2v) is 9.56. The normalized spacial score (nSPS) is 16.1. The number of hydrogen-bond donors (Lipinski definition) is 1. The van der Waals surface area contributed by atoms with E-state index in [1.54, 1.807) is 13.8 Å². The summed E-state index contributed by atoms with van der Waals surface area (Å²) in [6.45, 7) is 5.26. The van der Waals surface area contributed by atoms with Gasteiger partial charge in [-0.2, -0.15) is 5.10 Å². The lowest BCUT2D eigenvalue weighted by atomic mass is 10.1. The molecule has 0 radical (unpaired) electrons. The third kappa shape index (κ3) is 4.80. The zero-order valence-electron chi connectivity index (χ0n) is 19.7. The van der Waals surface area contributed by atoms with Crippen molar-refractivity contribution in [3.63, 3.8) is 0 Å². The molecule has 2 aromatic carbocycles. The average molecular weight is 462 g/mol. The molecule has 0 atom stereocenters. The predicted octanol–water partition coefficient (Wildman–Crippen LogP) is 5.06. The first-order chi connectivity index (χ1) is 16.4. The Morgan fingerprint density at radius 2 is 1.79 bits per heavy atom. The Morgan fingerprint density at radius 3 is 2.50 bits per heavy atom. The van der Waals surface area contributed by atoms with E-state index in [0.717, 1.165) is 54.3 Å². The van der Waals surface area contributed by atoms with Crippen LogP contribution in [0.3, 0.4) is 0 Å². The van der Waals surface area contributed by atoms with Crippen LogP contribution >= 0.6 is 0 Å². The van der Waals surface area contributed by atoms with E-state index in [-0.39, 0.29) is 6.61 Å². The van der Waals surface area contributed by atoms with Crippen molar-refractivity contribution in [2.45, 2.75) is 57.8 Å². The van der Waals surface area contributed by atoms with Gasteiger partial charge in [0, 0.05) is 18.7 Å². The van der Waals surface area contributed by atoms with Gasteiger partial charge >= 0.3 is 5.97 Å². The Morgan fingerprint density at radius 1 is 1.06 bits per heavy atom. The quantitative estimate of drug-likeness (QED) is 0.480. The standard InChI is InChI=1S/C27H31N3O4/c1-27(2,26(31)32)33-18-20-17-25(19-8-7-9-22(16-19)34-21-12-13-21)30(28-20)24-11-4-3-10-23(24)29-14-5-6-15-29/h3-4,7-11,16-17,21H,5-6,12-15,18H2,1-2H3,(H,31,32). The molecule has 7 heteroatoms. The van der Waals surface area contributed by atoms with Crippen molar-refractivity contribution in [3.05, 3.63) is 60.3 Å². The fraction of sp³-hybridized carbons (Fsp3) is 0.407. The Hall–Kier alpha value is -3.32. The minimum Gasteiger partial charge on any atom is -0.490 e. The van der Waals surface area contributed by atoms with Gasteiger partial charge in [0.05, 0.1) is 35.5 Å². The molecule has 0 amide bonds. The Kier molecular flexibility index (Phi) is 6.04. The molecule has 1 N–H and O–H groups in total. The van der Waals surface area contributed by atoms with Crippen LogP contribution in [-0.2, 0) is 16.1 Å². The van der Waals surface area contributed by atoms with E-state index in [1.807, 2.05) is 28.9 Å². The van der Waals surface area contributed by atoms with Crippen molar-refractivity contribution in [1.29, 1.82) is 0 Å². The largest absolute Gasteiger partial charge is 0.490 e. The number of aromatic nitrogens is 2. The van der Waals surface area contributed by atoms with E-state index in [1.165, 1.54) is 12.8 Å². The Labute approximate surface area is 199 Å². The Balaban J connectivity index is 1.55. The summed E-state index contributed by atoms with van der Waals surface area (Å²) in [5.74, 6) is -0.151. The minimum absolute atomic E-state index is 0.101. The van der Waals surface area contributed by atoms with E-state index < -0.39 is 11.6 Å². The molecule has 1 saturated carbocycles. The number of ether oxygens (including phenoxy) is 2. The molecular formula is C27H31N3O4. The van der Waals surface area contributed by atoms with Crippen molar-refractivity contribution < 1.29 is 19.4 Å². The molecule has 5 rings (SSSR count). The minimum atomic E-state index is -1.30. The summed E-state index contributed by atoms with van der Waals surface area (Å²) in [6, 6.07) is 18.4. The van der Waals surface area contributed by atoms with Gasteiger partial charge in [-0.1, -0.05) is 24.3 Å². The molecule has 3 aromatic rings. The highest BCUT2D eigenvalue weighted by Crippen LogP contribution is 2.34. The van der Waals surface area contributed by atoms with Crippen molar-refractivity contribution >= 4 is 11.7 Å². The number of para-hydroxylation sites is 2. The lowest BCUT2D eigenvalue weighted by Gasteiger charge is -2.22. The van der Waals surface area contributed by atoms with Crippen molar-refractivity contribution in [3.8, 4) is 22.7 Å². The summed E-state index contributed by atoms with van der Waals surface area (Å²) in [4.78, 5) is 13.9. The van der Waals surface area contributed by atoms with Gasteiger partial charge in [0.15, 0.2) is 5.60 Å². The third-order valence-electron chi connectivity index (χ3n) is 6.37. The Bertz CT molecular complexity index is 1180. The number of rotatable bonds is 9. The summed E-state index contributed by atoms with van der Waals surface area (Å²) < 4.78 is 13.7. The monoisotopic (exact) mass is 461 g/mol. The van der Waals surface area contributed by atoms with Crippen molar-refractivity contribution in [1.82, 2.24) is 9.78 Å². The highest BCUT2D eigenvalue weighted by atomic mass is 16.5.